The maximum absolute atomic E-state index is 9.11. The number of aliphatic hydroxyl groups is 1. The molecule has 0 aliphatic carbocycles. The molecule has 4 heteroatoms. The average molecular weight is 322 g/mol. The number of thiophene rings is 1. The predicted octanol–water partition coefficient (Wildman–Crippen LogP) is 3.92. The number of benzene rings is 1. The highest BCUT2D eigenvalue weighted by atomic mass is 79.9. The fraction of sp³-hybridized carbons (Fsp3) is 0.111. The zero-order valence-corrected chi connectivity index (χ0v) is 10.5. The fourth-order valence-electron chi connectivity index (χ4n) is 1.25. The Bertz CT molecular complexity index is 450. The van der Waals surface area contributed by atoms with Gasteiger partial charge < -0.3 is 5.11 Å². The summed E-state index contributed by atoms with van der Waals surface area (Å²) in [5.41, 5.74) is 0.980. The van der Waals surface area contributed by atoms with Gasteiger partial charge in [0.1, 0.15) is 0 Å². The number of fused-ring (bicyclic) bond motifs is 1. The molecule has 1 N–H and O–H groups in total. The van der Waals surface area contributed by atoms with E-state index >= 15 is 0 Å². The number of hydrogen-bond acceptors (Lipinski definition) is 2. The van der Waals surface area contributed by atoms with Gasteiger partial charge in [0.15, 0.2) is 0 Å². The number of halogens is 2. The van der Waals surface area contributed by atoms with Crippen molar-refractivity contribution >= 4 is 53.3 Å². The van der Waals surface area contributed by atoms with Crippen LogP contribution < -0.4 is 0 Å². The molecule has 0 aliphatic heterocycles. The molecular formula is C9H6Br2OS. The van der Waals surface area contributed by atoms with Gasteiger partial charge in [-0.3, -0.25) is 0 Å². The third kappa shape index (κ3) is 1.56. The predicted molar refractivity (Wildman–Crippen MR) is 63.1 cm³/mol. The van der Waals surface area contributed by atoms with Gasteiger partial charge in [-0.05, 0) is 27.6 Å². The molecule has 0 bridgehead atoms. The summed E-state index contributed by atoms with van der Waals surface area (Å²) in [6.07, 6.45) is 0. The van der Waals surface area contributed by atoms with Gasteiger partial charge in [-0.2, -0.15) is 0 Å². The van der Waals surface area contributed by atoms with Crippen molar-refractivity contribution in [1.82, 2.24) is 0 Å². The number of hydrogen-bond donors (Lipinski definition) is 1. The maximum Gasteiger partial charge on any atom is 0.0695 e. The van der Waals surface area contributed by atoms with Crippen molar-refractivity contribution in [1.29, 1.82) is 0 Å². The second-order valence-corrected chi connectivity index (χ2v) is 5.24. The molecule has 0 spiro atoms. The lowest BCUT2D eigenvalue weighted by Gasteiger charge is -2.00. The zero-order valence-electron chi connectivity index (χ0n) is 6.55. The molecule has 0 fully saturated rings. The Kier molecular flexibility index (Phi) is 2.74. The van der Waals surface area contributed by atoms with Gasteiger partial charge in [-0.25, -0.2) is 0 Å². The molecule has 1 aromatic carbocycles. The lowest BCUT2D eigenvalue weighted by atomic mass is 10.2. The van der Waals surface area contributed by atoms with E-state index in [4.69, 9.17) is 5.11 Å². The molecule has 0 saturated heterocycles. The lowest BCUT2D eigenvalue weighted by Crippen LogP contribution is -1.82. The molecule has 1 nitrogen and oxygen atoms in total. The minimum Gasteiger partial charge on any atom is -0.392 e. The Morgan fingerprint density at radius 1 is 1.23 bits per heavy atom. The first-order valence-corrected chi connectivity index (χ1v) is 6.15. The van der Waals surface area contributed by atoms with E-state index in [1.54, 1.807) is 11.3 Å². The first-order chi connectivity index (χ1) is 6.24. The summed E-state index contributed by atoms with van der Waals surface area (Å²) in [6, 6.07) is 3.90. The highest BCUT2D eigenvalue weighted by Gasteiger charge is 2.08. The van der Waals surface area contributed by atoms with E-state index in [0.29, 0.717) is 0 Å². The lowest BCUT2D eigenvalue weighted by molar-refractivity contribution is 0.283. The SMILES string of the molecule is OCc1ccc(Br)c2c(Br)csc12. The van der Waals surface area contributed by atoms with Crippen LogP contribution in [0.3, 0.4) is 0 Å². The molecule has 0 atom stereocenters. The van der Waals surface area contributed by atoms with Crippen molar-refractivity contribution in [3.8, 4) is 0 Å². The van der Waals surface area contributed by atoms with E-state index in [1.165, 1.54) is 0 Å². The molecule has 2 rings (SSSR count). The van der Waals surface area contributed by atoms with Crippen LogP contribution in [-0.4, -0.2) is 5.11 Å². The second-order valence-electron chi connectivity index (χ2n) is 2.65. The highest BCUT2D eigenvalue weighted by Crippen LogP contribution is 2.37. The monoisotopic (exact) mass is 320 g/mol. The largest absolute Gasteiger partial charge is 0.392 e. The van der Waals surface area contributed by atoms with Crippen molar-refractivity contribution < 1.29 is 5.11 Å². The third-order valence-corrected chi connectivity index (χ3v) is 4.52. The van der Waals surface area contributed by atoms with Crippen molar-refractivity contribution in [3.05, 3.63) is 32.0 Å². The van der Waals surface area contributed by atoms with Gasteiger partial charge >= 0.3 is 0 Å². The van der Waals surface area contributed by atoms with E-state index in [1.807, 2.05) is 17.5 Å². The molecule has 0 unspecified atom stereocenters. The van der Waals surface area contributed by atoms with E-state index in [0.717, 1.165) is 24.6 Å². The van der Waals surface area contributed by atoms with E-state index < -0.39 is 0 Å². The summed E-state index contributed by atoms with van der Waals surface area (Å²) in [7, 11) is 0. The normalized spacial score (nSPS) is 11.0. The molecule has 0 radical (unpaired) electrons. The minimum absolute atomic E-state index is 0.0940. The molecule has 0 amide bonds. The molecule has 0 aliphatic rings. The molecule has 1 aromatic heterocycles. The summed E-state index contributed by atoms with van der Waals surface area (Å²) in [6.45, 7) is 0.0940. The molecule has 68 valence electrons. The van der Waals surface area contributed by atoms with Gasteiger partial charge in [0.05, 0.1) is 6.61 Å². The van der Waals surface area contributed by atoms with Crippen LogP contribution in [0.5, 0.6) is 0 Å². The van der Waals surface area contributed by atoms with Crippen molar-refractivity contribution in [2.75, 3.05) is 0 Å². The molecule has 1 heterocycles. The van der Waals surface area contributed by atoms with Crippen LogP contribution in [0.25, 0.3) is 10.1 Å². The topological polar surface area (TPSA) is 20.2 Å². The van der Waals surface area contributed by atoms with Gasteiger partial charge in [0.25, 0.3) is 0 Å². The van der Waals surface area contributed by atoms with Gasteiger partial charge in [0, 0.05) is 24.4 Å². The fourth-order valence-corrected chi connectivity index (χ4v) is 3.98. The third-order valence-electron chi connectivity index (χ3n) is 1.88. The number of rotatable bonds is 1. The minimum atomic E-state index is 0.0940. The Labute approximate surface area is 96.6 Å². The highest BCUT2D eigenvalue weighted by molar-refractivity contribution is 9.11. The van der Waals surface area contributed by atoms with Crippen molar-refractivity contribution in [2.24, 2.45) is 0 Å². The van der Waals surface area contributed by atoms with Crippen LogP contribution in [0.2, 0.25) is 0 Å². The average Bonchev–Trinajstić information content (AvgIpc) is 2.50. The Morgan fingerprint density at radius 3 is 2.69 bits per heavy atom. The zero-order chi connectivity index (χ0) is 9.42. The quantitative estimate of drug-likeness (QED) is 0.844. The van der Waals surface area contributed by atoms with E-state index in [2.05, 4.69) is 31.9 Å². The van der Waals surface area contributed by atoms with Crippen molar-refractivity contribution in [2.45, 2.75) is 6.61 Å². The Morgan fingerprint density at radius 2 is 2.00 bits per heavy atom. The van der Waals surface area contributed by atoms with Crippen LogP contribution in [0, 0.1) is 0 Å². The summed E-state index contributed by atoms with van der Waals surface area (Å²) in [4.78, 5) is 0. The van der Waals surface area contributed by atoms with E-state index in [-0.39, 0.29) is 6.61 Å². The summed E-state index contributed by atoms with van der Waals surface area (Å²) < 4.78 is 3.28. The summed E-state index contributed by atoms with van der Waals surface area (Å²) in [5, 5.41) is 12.3. The Hall–Kier alpha value is 0.1000. The maximum atomic E-state index is 9.11. The smallest absolute Gasteiger partial charge is 0.0695 e. The second kappa shape index (κ2) is 3.69. The summed E-state index contributed by atoms with van der Waals surface area (Å²) in [5.74, 6) is 0. The summed E-state index contributed by atoms with van der Waals surface area (Å²) >= 11 is 8.61. The van der Waals surface area contributed by atoms with Gasteiger partial charge in [-0.1, -0.05) is 22.0 Å². The molecule has 0 saturated carbocycles. The van der Waals surface area contributed by atoms with Crippen molar-refractivity contribution in [3.63, 3.8) is 0 Å². The van der Waals surface area contributed by atoms with Crippen LogP contribution in [0.15, 0.2) is 26.5 Å². The standard InChI is InChI=1S/C9H6Br2OS/c10-6-2-1-5(3-12)9-8(6)7(11)4-13-9/h1-2,4,12H,3H2. The van der Waals surface area contributed by atoms with Gasteiger partial charge in [0.2, 0.25) is 0 Å². The molecular weight excluding hydrogens is 316 g/mol. The van der Waals surface area contributed by atoms with Crippen LogP contribution in [-0.2, 0) is 6.61 Å². The van der Waals surface area contributed by atoms with E-state index in [9.17, 15) is 0 Å². The first-order valence-electron chi connectivity index (χ1n) is 3.69. The first kappa shape index (κ1) is 9.65. The van der Waals surface area contributed by atoms with Crippen LogP contribution >= 0.6 is 43.2 Å². The van der Waals surface area contributed by atoms with Gasteiger partial charge in [-0.15, -0.1) is 11.3 Å². The molecule has 2 aromatic rings. The van der Waals surface area contributed by atoms with Crippen LogP contribution in [0.4, 0.5) is 0 Å². The number of aliphatic hydroxyl groups excluding tert-OH is 1. The Balaban J connectivity index is 2.87. The molecule has 13 heavy (non-hydrogen) atoms. The van der Waals surface area contributed by atoms with Crippen LogP contribution in [0.1, 0.15) is 5.56 Å².